The Balaban J connectivity index is 2.11. The van der Waals surface area contributed by atoms with Gasteiger partial charge in [0.15, 0.2) is 0 Å². The van der Waals surface area contributed by atoms with Crippen molar-refractivity contribution in [2.45, 2.75) is 31.1 Å². The Morgan fingerprint density at radius 3 is 3.13 bits per heavy atom. The van der Waals surface area contributed by atoms with Crippen LogP contribution in [0.15, 0.2) is 6.33 Å². The molecule has 1 atom stereocenters. The van der Waals surface area contributed by atoms with Gasteiger partial charge >= 0.3 is 0 Å². The highest BCUT2D eigenvalue weighted by Gasteiger charge is 2.18. The predicted molar refractivity (Wildman–Crippen MR) is 59.3 cm³/mol. The van der Waals surface area contributed by atoms with Gasteiger partial charge in [-0.2, -0.15) is 0 Å². The van der Waals surface area contributed by atoms with Crippen molar-refractivity contribution in [3.63, 3.8) is 0 Å². The van der Waals surface area contributed by atoms with Gasteiger partial charge in [0.05, 0.1) is 12.0 Å². The summed E-state index contributed by atoms with van der Waals surface area (Å²) in [5.74, 6) is 0. The largest absolute Gasteiger partial charge is 0.383 e. The van der Waals surface area contributed by atoms with Crippen LogP contribution in [0.5, 0.6) is 0 Å². The van der Waals surface area contributed by atoms with E-state index in [9.17, 15) is 0 Å². The van der Waals surface area contributed by atoms with Crippen molar-refractivity contribution in [2.75, 3.05) is 13.7 Å². The quantitative estimate of drug-likeness (QED) is 0.734. The third kappa shape index (κ3) is 2.47. The van der Waals surface area contributed by atoms with Crippen molar-refractivity contribution in [2.24, 2.45) is 0 Å². The second-order valence-corrected chi connectivity index (χ2v) is 4.47. The Kier molecular flexibility index (Phi) is 3.54. The molecular weight excluding hydrogens is 212 g/mol. The highest BCUT2D eigenvalue weighted by Crippen LogP contribution is 2.23. The summed E-state index contributed by atoms with van der Waals surface area (Å²) in [6.07, 6.45) is 5.80. The first-order valence-electron chi connectivity index (χ1n) is 5.26. The molecular formula is C11H15ClN2O. The molecule has 1 aliphatic rings. The van der Waals surface area contributed by atoms with Gasteiger partial charge in [-0.3, -0.25) is 0 Å². The van der Waals surface area contributed by atoms with Crippen molar-refractivity contribution in [3.05, 3.63) is 23.3 Å². The molecule has 0 N–H and O–H groups in total. The first-order valence-corrected chi connectivity index (χ1v) is 5.69. The van der Waals surface area contributed by atoms with E-state index in [1.54, 1.807) is 13.4 Å². The summed E-state index contributed by atoms with van der Waals surface area (Å²) in [6, 6.07) is 0. The van der Waals surface area contributed by atoms with Crippen LogP contribution < -0.4 is 0 Å². The number of nitrogens with zero attached hydrogens (tertiary/aromatic N) is 2. The van der Waals surface area contributed by atoms with Crippen LogP contribution in [-0.4, -0.2) is 29.1 Å². The molecule has 2 rings (SSSR count). The van der Waals surface area contributed by atoms with E-state index in [-0.39, 0.29) is 5.38 Å². The van der Waals surface area contributed by atoms with Crippen LogP contribution in [0.1, 0.15) is 23.4 Å². The average molecular weight is 227 g/mol. The van der Waals surface area contributed by atoms with Gasteiger partial charge in [0, 0.05) is 24.9 Å². The number of aryl methyl sites for hydroxylation is 1. The van der Waals surface area contributed by atoms with Crippen LogP contribution in [0, 0.1) is 0 Å². The molecule has 1 aromatic heterocycles. The van der Waals surface area contributed by atoms with E-state index in [0.717, 1.165) is 25.0 Å². The summed E-state index contributed by atoms with van der Waals surface area (Å²) in [6.45, 7) is 0.570. The van der Waals surface area contributed by atoms with E-state index in [0.29, 0.717) is 6.61 Å². The van der Waals surface area contributed by atoms with Crippen LogP contribution in [-0.2, 0) is 24.0 Å². The lowest BCUT2D eigenvalue weighted by molar-refractivity contribution is 0.197. The number of hydrogen-bond donors (Lipinski definition) is 0. The first kappa shape index (κ1) is 10.8. The number of hydrogen-bond acceptors (Lipinski definition) is 3. The van der Waals surface area contributed by atoms with Crippen molar-refractivity contribution < 1.29 is 4.74 Å². The molecule has 1 unspecified atom stereocenters. The van der Waals surface area contributed by atoms with E-state index in [1.165, 1.54) is 17.7 Å². The fraction of sp³-hybridized carbons (Fsp3) is 0.636. The zero-order chi connectivity index (χ0) is 10.7. The number of rotatable bonds is 4. The first-order chi connectivity index (χ1) is 7.31. The Morgan fingerprint density at radius 2 is 2.33 bits per heavy atom. The number of aromatic nitrogens is 2. The molecule has 0 aromatic carbocycles. The van der Waals surface area contributed by atoms with Crippen LogP contribution in [0.3, 0.4) is 0 Å². The van der Waals surface area contributed by atoms with E-state index in [4.69, 9.17) is 16.3 Å². The van der Waals surface area contributed by atoms with Crippen molar-refractivity contribution in [1.82, 2.24) is 9.97 Å². The number of halogens is 1. The maximum atomic E-state index is 6.13. The zero-order valence-electron chi connectivity index (χ0n) is 8.87. The molecule has 15 heavy (non-hydrogen) atoms. The molecule has 0 fully saturated rings. The van der Waals surface area contributed by atoms with Gasteiger partial charge in [-0.1, -0.05) is 0 Å². The zero-order valence-corrected chi connectivity index (χ0v) is 9.63. The van der Waals surface area contributed by atoms with E-state index >= 15 is 0 Å². The van der Waals surface area contributed by atoms with Gasteiger partial charge in [-0.15, -0.1) is 11.6 Å². The number of alkyl halides is 1. The molecule has 1 aliphatic carbocycles. The maximum absolute atomic E-state index is 6.13. The van der Waals surface area contributed by atoms with Crippen molar-refractivity contribution in [3.8, 4) is 0 Å². The van der Waals surface area contributed by atoms with E-state index < -0.39 is 0 Å². The molecule has 0 saturated carbocycles. The van der Waals surface area contributed by atoms with Crippen molar-refractivity contribution >= 4 is 11.6 Å². The van der Waals surface area contributed by atoms with Crippen LogP contribution >= 0.6 is 11.6 Å². The lowest BCUT2D eigenvalue weighted by atomic mass is 10.1. The summed E-state index contributed by atoms with van der Waals surface area (Å²) in [5, 5.41) is 0.00889. The second-order valence-electron chi connectivity index (χ2n) is 3.86. The summed E-state index contributed by atoms with van der Waals surface area (Å²) >= 11 is 6.13. The molecule has 4 heteroatoms. The summed E-state index contributed by atoms with van der Waals surface area (Å²) in [7, 11) is 1.67. The summed E-state index contributed by atoms with van der Waals surface area (Å²) in [4.78, 5) is 8.61. The molecule has 0 aliphatic heterocycles. The van der Waals surface area contributed by atoms with Gasteiger partial charge < -0.3 is 4.74 Å². The third-order valence-corrected chi connectivity index (χ3v) is 3.01. The van der Waals surface area contributed by atoms with Gasteiger partial charge in [-0.25, -0.2) is 9.97 Å². The Morgan fingerprint density at radius 1 is 1.47 bits per heavy atom. The minimum atomic E-state index is 0.00889. The van der Waals surface area contributed by atoms with E-state index in [1.807, 2.05) is 0 Å². The van der Waals surface area contributed by atoms with Crippen LogP contribution in [0.25, 0.3) is 0 Å². The SMILES string of the molecule is COCC(Cl)Cc1ncnc2c1CCC2. The fourth-order valence-corrected chi connectivity index (χ4v) is 2.32. The Labute approximate surface area is 94.8 Å². The lowest BCUT2D eigenvalue weighted by Gasteiger charge is -2.10. The Hall–Kier alpha value is -0.670. The topological polar surface area (TPSA) is 35.0 Å². The van der Waals surface area contributed by atoms with Gasteiger partial charge in [-0.05, 0) is 24.8 Å². The summed E-state index contributed by atoms with van der Waals surface area (Å²) in [5.41, 5.74) is 3.63. The van der Waals surface area contributed by atoms with Gasteiger partial charge in [0.1, 0.15) is 6.33 Å². The maximum Gasteiger partial charge on any atom is 0.115 e. The minimum Gasteiger partial charge on any atom is -0.383 e. The normalized spacial score (nSPS) is 16.4. The Bertz CT molecular complexity index is 343. The molecule has 0 radical (unpaired) electrons. The molecule has 1 aromatic rings. The van der Waals surface area contributed by atoms with Crippen molar-refractivity contribution in [1.29, 1.82) is 0 Å². The summed E-state index contributed by atoms with van der Waals surface area (Å²) < 4.78 is 5.02. The third-order valence-electron chi connectivity index (χ3n) is 2.73. The van der Waals surface area contributed by atoms with Crippen LogP contribution in [0.2, 0.25) is 0 Å². The molecule has 0 amide bonds. The standard InChI is InChI=1S/C11H15ClN2O/c1-15-6-8(12)5-11-9-3-2-4-10(9)13-7-14-11/h7-8H,2-6H2,1H3. The lowest BCUT2D eigenvalue weighted by Crippen LogP contribution is -2.13. The number of fused-ring (bicyclic) bond motifs is 1. The molecule has 0 bridgehead atoms. The molecule has 0 saturated heterocycles. The molecule has 1 heterocycles. The number of methoxy groups -OCH3 is 1. The van der Waals surface area contributed by atoms with Crippen LogP contribution in [0.4, 0.5) is 0 Å². The minimum absolute atomic E-state index is 0.00889. The predicted octanol–water partition coefficient (Wildman–Crippen LogP) is 1.76. The average Bonchev–Trinajstić information content (AvgIpc) is 2.67. The highest BCUT2D eigenvalue weighted by molar-refractivity contribution is 6.20. The second kappa shape index (κ2) is 4.90. The molecule has 0 spiro atoms. The monoisotopic (exact) mass is 226 g/mol. The fourth-order valence-electron chi connectivity index (χ4n) is 2.05. The molecule has 3 nitrogen and oxygen atoms in total. The smallest absolute Gasteiger partial charge is 0.115 e. The van der Waals surface area contributed by atoms with Gasteiger partial charge in [0.25, 0.3) is 0 Å². The van der Waals surface area contributed by atoms with E-state index in [2.05, 4.69) is 9.97 Å². The molecule has 82 valence electrons. The highest BCUT2D eigenvalue weighted by atomic mass is 35.5. The number of ether oxygens (including phenoxy) is 1. The van der Waals surface area contributed by atoms with Gasteiger partial charge in [0.2, 0.25) is 0 Å².